The largest absolute Gasteiger partial charge is 0.456 e. The lowest BCUT2D eigenvalue weighted by atomic mass is 10.0. The van der Waals surface area contributed by atoms with Crippen LogP contribution in [-0.2, 0) is 9.53 Å². The van der Waals surface area contributed by atoms with Gasteiger partial charge in [0.2, 0.25) is 5.78 Å². The molecular weight excluding hydrogens is 374 g/mol. The van der Waals surface area contributed by atoms with Crippen molar-refractivity contribution in [2.75, 3.05) is 18.6 Å². The lowest BCUT2D eigenvalue weighted by Crippen LogP contribution is -2.42. The molecule has 2 rings (SSSR count). The first-order valence-electron chi connectivity index (χ1n) is 9.04. The number of carbonyl (C=O) groups is 3. The Hall–Kier alpha value is -2.60. The molecular formula is C22H25NO4S. The van der Waals surface area contributed by atoms with Gasteiger partial charge in [0.1, 0.15) is 6.04 Å². The summed E-state index contributed by atoms with van der Waals surface area (Å²) in [6, 6.07) is 13.4. The lowest BCUT2D eigenvalue weighted by molar-refractivity contribution is -0.144. The molecule has 0 saturated carbocycles. The van der Waals surface area contributed by atoms with Gasteiger partial charge in [-0.3, -0.25) is 9.59 Å². The highest BCUT2D eigenvalue weighted by atomic mass is 32.2. The molecule has 0 bridgehead atoms. The molecule has 0 spiro atoms. The van der Waals surface area contributed by atoms with E-state index in [1.165, 1.54) is 0 Å². The van der Waals surface area contributed by atoms with Crippen LogP contribution in [0.25, 0.3) is 0 Å². The maximum Gasteiger partial charge on any atom is 0.329 e. The summed E-state index contributed by atoms with van der Waals surface area (Å²) < 4.78 is 5.23. The van der Waals surface area contributed by atoms with Gasteiger partial charge in [0.25, 0.3) is 5.91 Å². The molecule has 0 aliphatic rings. The number of rotatable bonds is 9. The summed E-state index contributed by atoms with van der Waals surface area (Å²) in [4.78, 5) is 37.3. The molecule has 28 heavy (non-hydrogen) atoms. The number of nitrogens with one attached hydrogen (secondary N) is 1. The molecule has 0 saturated heterocycles. The van der Waals surface area contributed by atoms with Gasteiger partial charge < -0.3 is 10.1 Å². The summed E-state index contributed by atoms with van der Waals surface area (Å²) in [7, 11) is 0. The molecule has 5 nitrogen and oxygen atoms in total. The van der Waals surface area contributed by atoms with Gasteiger partial charge in [0.05, 0.1) is 0 Å². The Kier molecular flexibility index (Phi) is 8.26. The van der Waals surface area contributed by atoms with E-state index in [0.717, 1.165) is 11.1 Å². The Bertz CT molecular complexity index is 836. The van der Waals surface area contributed by atoms with Crippen LogP contribution >= 0.6 is 11.8 Å². The standard InChI is InChI=1S/C22H25NO4S/c1-15-9-10-18(16(2)13-15)20(24)14-27-22(26)19(11-12-28-3)23-21(25)17-7-5-4-6-8-17/h4-10,13,19H,11-12,14H2,1-3H3,(H,23,25)/t19-/m1/s1. The topological polar surface area (TPSA) is 72.5 Å². The summed E-state index contributed by atoms with van der Waals surface area (Å²) >= 11 is 1.57. The Morgan fingerprint density at radius 1 is 1.07 bits per heavy atom. The fraction of sp³-hybridized carbons (Fsp3) is 0.318. The third-order valence-corrected chi connectivity index (χ3v) is 4.91. The van der Waals surface area contributed by atoms with E-state index in [1.807, 2.05) is 38.3 Å². The van der Waals surface area contributed by atoms with Crippen LogP contribution in [0, 0.1) is 13.8 Å². The molecule has 0 unspecified atom stereocenters. The quantitative estimate of drug-likeness (QED) is 0.515. The lowest BCUT2D eigenvalue weighted by Gasteiger charge is -2.17. The predicted octanol–water partition coefficient (Wildman–Crippen LogP) is 3.58. The molecule has 0 fully saturated rings. The molecule has 0 radical (unpaired) electrons. The minimum absolute atomic E-state index is 0.260. The summed E-state index contributed by atoms with van der Waals surface area (Å²) in [5.41, 5.74) is 2.91. The number of hydrogen-bond acceptors (Lipinski definition) is 5. The number of carbonyl (C=O) groups excluding carboxylic acids is 3. The van der Waals surface area contributed by atoms with Crippen LogP contribution < -0.4 is 5.32 Å². The molecule has 1 atom stereocenters. The highest BCUT2D eigenvalue weighted by Gasteiger charge is 2.23. The molecule has 1 amide bonds. The van der Waals surface area contributed by atoms with Crippen LogP contribution in [0.5, 0.6) is 0 Å². The number of benzene rings is 2. The van der Waals surface area contributed by atoms with Crippen molar-refractivity contribution in [2.45, 2.75) is 26.3 Å². The van der Waals surface area contributed by atoms with Crippen molar-refractivity contribution in [2.24, 2.45) is 0 Å². The SMILES string of the molecule is CSCC[C@@H](NC(=O)c1ccccc1)C(=O)OCC(=O)c1ccc(C)cc1C. The van der Waals surface area contributed by atoms with Gasteiger partial charge in [-0.1, -0.05) is 42.0 Å². The second-order valence-corrected chi connectivity index (χ2v) is 7.51. The fourth-order valence-electron chi connectivity index (χ4n) is 2.76. The molecule has 1 N–H and O–H groups in total. The van der Waals surface area contributed by atoms with E-state index in [-0.39, 0.29) is 18.3 Å². The zero-order chi connectivity index (χ0) is 20.5. The predicted molar refractivity (Wildman–Crippen MR) is 112 cm³/mol. The highest BCUT2D eigenvalue weighted by molar-refractivity contribution is 7.98. The Labute approximate surface area is 169 Å². The molecule has 0 aromatic heterocycles. The summed E-state index contributed by atoms with van der Waals surface area (Å²) in [6.07, 6.45) is 2.35. The average molecular weight is 400 g/mol. The van der Waals surface area contributed by atoms with Gasteiger partial charge in [-0.05, 0) is 50.0 Å². The number of ketones is 1. The number of hydrogen-bond donors (Lipinski definition) is 1. The fourth-order valence-corrected chi connectivity index (χ4v) is 3.23. The first kappa shape index (κ1) is 21.7. The second-order valence-electron chi connectivity index (χ2n) is 6.52. The van der Waals surface area contributed by atoms with Gasteiger partial charge in [-0.25, -0.2) is 4.79 Å². The molecule has 0 heterocycles. The molecule has 0 aliphatic heterocycles. The van der Waals surface area contributed by atoms with Gasteiger partial charge >= 0.3 is 5.97 Å². The zero-order valence-corrected chi connectivity index (χ0v) is 17.2. The van der Waals surface area contributed by atoms with Gasteiger partial charge in [0, 0.05) is 11.1 Å². The van der Waals surface area contributed by atoms with Crippen molar-refractivity contribution in [1.82, 2.24) is 5.32 Å². The van der Waals surface area contributed by atoms with Crippen molar-refractivity contribution in [3.8, 4) is 0 Å². The number of aryl methyl sites for hydroxylation is 2. The van der Waals surface area contributed by atoms with E-state index >= 15 is 0 Å². The second kappa shape index (κ2) is 10.7. The van der Waals surface area contributed by atoms with Crippen molar-refractivity contribution in [3.63, 3.8) is 0 Å². The van der Waals surface area contributed by atoms with E-state index in [4.69, 9.17) is 4.74 Å². The van der Waals surface area contributed by atoms with Crippen molar-refractivity contribution in [1.29, 1.82) is 0 Å². The first-order chi connectivity index (χ1) is 13.4. The molecule has 6 heteroatoms. The Morgan fingerprint density at radius 2 is 1.79 bits per heavy atom. The van der Waals surface area contributed by atoms with Crippen LogP contribution in [0.2, 0.25) is 0 Å². The van der Waals surface area contributed by atoms with Crippen molar-refractivity contribution in [3.05, 3.63) is 70.8 Å². The average Bonchev–Trinajstić information content (AvgIpc) is 2.69. The van der Waals surface area contributed by atoms with Gasteiger partial charge in [-0.15, -0.1) is 0 Å². The summed E-state index contributed by atoms with van der Waals surface area (Å²) in [5, 5.41) is 2.71. The van der Waals surface area contributed by atoms with E-state index in [2.05, 4.69) is 5.32 Å². The van der Waals surface area contributed by atoms with E-state index in [0.29, 0.717) is 23.3 Å². The van der Waals surface area contributed by atoms with Crippen LogP contribution in [0.1, 0.15) is 38.3 Å². The van der Waals surface area contributed by atoms with Crippen LogP contribution in [-0.4, -0.2) is 42.3 Å². The maximum atomic E-state index is 12.5. The molecule has 148 valence electrons. The third kappa shape index (κ3) is 6.23. The minimum Gasteiger partial charge on any atom is -0.456 e. The number of thioether (sulfide) groups is 1. The molecule has 2 aromatic rings. The smallest absolute Gasteiger partial charge is 0.329 e. The van der Waals surface area contributed by atoms with Crippen LogP contribution in [0.3, 0.4) is 0 Å². The minimum atomic E-state index is -0.799. The first-order valence-corrected chi connectivity index (χ1v) is 10.4. The maximum absolute atomic E-state index is 12.5. The van der Waals surface area contributed by atoms with Crippen molar-refractivity contribution < 1.29 is 19.1 Å². The van der Waals surface area contributed by atoms with E-state index < -0.39 is 12.0 Å². The Balaban J connectivity index is 2.00. The highest BCUT2D eigenvalue weighted by Crippen LogP contribution is 2.12. The Morgan fingerprint density at radius 3 is 2.43 bits per heavy atom. The zero-order valence-electron chi connectivity index (χ0n) is 16.4. The number of Topliss-reactive ketones (excluding diaryl/α,β-unsaturated/α-hetero) is 1. The monoisotopic (exact) mass is 399 g/mol. The van der Waals surface area contributed by atoms with Crippen molar-refractivity contribution >= 4 is 29.4 Å². The number of ether oxygens (including phenoxy) is 1. The van der Waals surface area contributed by atoms with E-state index in [9.17, 15) is 14.4 Å². The van der Waals surface area contributed by atoms with Gasteiger partial charge in [-0.2, -0.15) is 11.8 Å². The van der Waals surface area contributed by atoms with E-state index in [1.54, 1.807) is 42.1 Å². The number of amides is 1. The molecule has 0 aliphatic carbocycles. The summed E-state index contributed by atoms with van der Waals surface area (Å²) in [5.74, 6) is -0.524. The molecule has 2 aromatic carbocycles. The third-order valence-electron chi connectivity index (χ3n) is 4.26. The van der Waals surface area contributed by atoms with Crippen LogP contribution in [0.15, 0.2) is 48.5 Å². The van der Waals surface area contributed by atoms with Gasteiger partial charge in [0.15, 0.2) is 6.61 Å². The normalized spacial score (nSPS) is 11.5. The van der Waals surface area contributed by atoms with Crippen LogP contribution in [0.4, 0.5) is 0 Å². The summed E-state index contributed by atoms with van der Waals surface area (Å²) in [6.45, 7) is 3.45. The number of esters is 1.